The molecule has 0 aliphatic carbocycles. The monoisotopic (exact) mass is 159 g/mol. The average Bonchev–Trinajstić information content (AvgIpc) is 1.98. The molecule has 0 aromatic rings. The molecule has 0 aromatic carbocycles. The maximum atomic E-state index is 11.0. The molecule has 0 fully saturated rings. The summed E-state index contributed by atoms with van der Waals surface area (Å²) in [5.41, 5.74) is 10.9. The van der Waals surface area contributed by atoms with E-state index in [-0.39, 0.29) is 11.9 Å². The zero-order chi connectivity index (χ0) is 8.85. The van der Waals surface area contributed by atoms with E-state index in [4.69, 9.17) is 11.5 Å². The van der Waals surface area contributed by atoms with Crippen LogP contribution >= 0.6 is 0 Å². The molecular weight excluding hydrogens is 142 g/mol. The van der Waals surface area contributed by atoms with Crippen LogP contribution < -0.4 is 16.8 Å². The summed E-state index contributed by atoms with van der Waals surface area (Å²) < 4.78 is 0. The Labute approximate surface area is 67.3 Å². The molecule has 0 rings (SSSR count). The van der Waals surface area contributed by atoms with E-state index in [2.05, 4.69) is 5.32 Å². The topological polar surface area (TPSA) is 81.1 Å². The van der Waals surface area contributed by atoms with Crippen LogP contribution in [-0.4, -0.2) is 24.5 Å². The van der Waals surface area contributed by atoms with Crippen LogP contribution in [0.25, 0.3) is 0 Å². The van der Waals surface area contributed by atoms with Crippen LogP contribution in [0.15, 0.2) is 0 Å². The number of nitrogens with two attached hydrogens (primary N) is 2. The molecule has 0 aliphatic rings. The summed E-state index contributed by atoms with van der Waals surface area (Å²) in [6.45, 7) is 4.19. The van der Waals surface area contributed by atoms with Crippen molar-refractivity contribution >= 4 is 5.91 Å². The Bertz CT molecular complexity index is 125. The second-order valence-electron chi connectivity index (χ2n) is 2.74. The molecule has 0 aliphatic heterocycles. The van der Waals surface area contributed by atoms with E-state index in [0.717, 1.165) is 0 Å². The van der Waals surface area contributed by atoms with E-state index in [1.807, 2.05) is 13.8 Å². The third kappa shape index (κ3) is 4.75. The van der Waals surface area contributed by atoms with Crippen LogP contribution in [0.2, 0.25) is 0 Å². The Morgan fingerprint density at radius 3 is 2.45 bits per heavy atom. The second-order valence-corrected chi connectivity index (χ2v) is 2.74. The average molecular weight is 159 g/mol. The van der Waals surface area contributed by atoms with Gasteiger partial charge in [0.25, 0.3) is 0 Å². The quantitative estimate of drug-likeness (QED) is 0.501. The fourth-order valence-electron chi connectivity index (χ4n) is 0.578. The maximum absolute atomic E-state index is 11.0. The first-order valence-electron chi connectivity index (χ1n) is 3.86. The highest BCUT2D eigenvalue weighted by Gasteiger charge is 2.09. The predicted octanol–water partition coefficient (Wildman–Crippen LogP) is -0.813. The molecule has 2 atom stereocenters. The van der Waals surface area contributed by atoms with Gasteiger partial charge in [-0.3, -0.25) is 4.79 Å². The van der Waals surface area contributed by atoms with E-state index in [1.165, 1.54) is 0 Å². The van der Waals surface area contributed by atoms with Gasteiger partial charge in [-0.1, -0.05) is 6.92 Å². The predicted molar refractivity (Wildman–Crippen MR) is 44.9 cm³/mol. The number of rotatable bonds is 4. The summed E-state index contributed by atoms with van der Waals surface area (Å²) in [5.74, 6) is -0.121. The lowest BCUT2D eigenvalue weighted by Crippen LogP contribution is -2.44. The van der Waals surface area contributed by atoms with Gasteiger partial charge in [-0.2, -0.15) is 0 Å². The van der Waals surface area contributed by atoms with Crippen molar-refractivity contribution < 1.29 is 4.79 Å². The van der Waals surface area contributed by atoms with Gasteiger partial charge in [0, 0.05) is 12.6 Å². The summed E-state index contributed by atoms with van der Waals surface area (Å²) in [7, 11) is 0. The SMILES string of the molecule is CC[C@H](N)C(=O)NCC(C)N. The van der Waals surface area contributed by atoms with Crippen LogP contribution in [0.4, 0.5) is 0 Å². The minimum Gasteiger partial charge on any atom is -0.353 e. The van der Waals surface area contributed by atoms with Crippen LogP contribution in [0.5, 0.6) is 0 Å². The largest absolute Gasteiger partial charge is 0.353 e. The van der Waals surface area contributed by atoms with E-state index in [0.29, 0.717) is 13.0 Å². The summed E-state index contributed by atoms with van der Waals surface area (Å²) in [5, 5.41) is 2.64. The molecule has 4 nitrogen and oxygen atoms in total. The van der Waals surface area contributed by atoms with Gasteiger partial charge in [0.1, 0.15) is 0 Å². The summed E-state index contributed by atoms with van der Waals surface area (Å²) in [6.07, 6.45) is 0.658. The molecule has 0 saturated carbocycles. The molecule has 5 N–H and O–H groups in total. The zero-order valence-electron chi connectivity index (χ0n) is 7.13. The van der Waals surface area contributed by atoms with Gasteiger partial charge in [0.15, 0.2) is 0 Å². The summed E-state index contributed by atoms with van der Waals surface area (Å²) in [4.78, 5) is 11.0. The molecule has 1 amide bonds. The van der Waals surface area contributed by atoms with Gasteiger partial charge < -0.3 is 16.8 Å². The molecular formula is C7H17N3O. The molecule has 11 heavy (non-hydrogen) atoms. The Morgan fingerprint density at radius 1 is 1.55 bits per heavy atom. The molecule has 66 valence electrons. The molecule has 0 heterocycles. The Morgan fingerprint density at radius 2 is 2.09 bits per heavy atom. The normalized spacial score (nSPS) is 15.6. The third-order valence-electron chi connectivity index (χ3n) is 1.37. The number of hydrogen-bond acceptors (Lipinski definition) is 3. The van der Waals surface area contributed by atoms with Gasteiger partial charge >= 0.3 is 0 Å². The molecule has 0 bridgehead atoms. The lowest BCUT2D eigenvalue weighted by molar-refractivity contribution is -0.122. The highest BCUT2D eigenvalue weighted by atomic mass is 16.2. The number of hydrogen-bond donors (Lipinski definition) is 3. The van der Waals surface area contributed by atoms with Crippen molar-refractivity contribution in [1.82, 2.24) is 5.32 Å². The minimum atomic E-state index is -0.395. The molecule has 4 heteroatoms. The fourth-order valence-corrected chi connectivity index (χ4v) is 0.578. The van der Waals surface area contributed by atoms with Crippen molar-refractivity contribution in [3.63, 3.8) is 0 Å². The lowest BCUT2D eigenvalue weighted by Gasteiger charge is -2.11. The lowest BCUT2D eigenvalue weighted by atomic mass is 10.2. The van der Waals surface area contributed by atoms with Crippen LogP contribution in [0, 0.1) is 0 Å². The highest BCUT2D eigenvalue weighted by molar-refractivity contribution is 5.81. The second kappa shape index (κ2) is 5.09. The van der Waals surface area contributed by atoms with E-state index < -0.39 is 6.04 Å². The molecule has 1 unspecified atom stereocenters. The van der Waals surface area contributed by atoms with E-state index in [1.54, 1.807) is 0 Å². The Hall–Kier alpha value is -0.610. The number of carbonyl (C=O) groups is 1. The standard InChI is InChI=1S/C7H17N3O/c1-3-6(9)7(11)10-4-5(2)8/h5-6H,3-4,8-9H2,1-2H3,(H,10,11)/t5?,6-/m0/s1. The van der Waals surface area contributed by atoms with Crippen molar-refractivity contribution in [3.8, 4) is 0 Å². The summed E-state index contributed by atoms with van der Waals surface area (Å²) >= 11 is 0. The third-order valence-corrected chi connectivity index (χ3v) is 1.37. The van der Waals surface area contributed by atoms with Crippen molar-refractivity contribution in [3.05, 3.63) is 0 Å². The molecule has 0 spiro atoms. The molecule has 0 aromatic heterocycles. The van der Waals surface area contributed by atoms with Gasteiger partial charge in [0.2, 0.25) is 5.91 Å². The zero-order valence-corrected chi connectivity index (χ0v) is 7.13. The number of carbonyl (C=O) groups excluding carboxylic acids is 1. The van der Waals surface area contributed by atoms with E-state index in [9.17, 15) is 4.79 Å². The highest BCUT2D eigenvalue weighted by Crippen LogP contribution is 1.84. The van der Waals surface area contributed by atoms with Crippen molar-refractivity contribution in [2.24, 2.45) is 11.5 Å². The molecule has 0 radical (unpaired) electrons. The van der Waals surface area contributed by atoms with Crippen molar-refractivity contribution in [1.29, 1.82) is 0 Å². The van der Waals surface area contributed by atoms with Gasteiger partial charge in [-0.05, 0) is 13.3 Å². The van der Waals surface area contributed by atoms with Crippen LogP contribution in [0.3, 0.4) is 0 Å². The van der Waals surface area contributed by atoms with Crippen LogP contribution in [-0.2, 0) is 4.79 Å². The summed E-state index contributed by atoms with van der Waals surface area (Å²) in [6, 6.07) is -0.406. The first kappa shape index (κ1) is 10.4. The van der Waals surface area contributed by atoms with Gasteiger partial charge in [-0.25, -0.2) is 0 Å². The number of amides is 1. The van der Waals surface area contributed by atoms with E-state index >= 15 is 0 Å². The van der Waals surface area contributed by atoms with Crippen molar-refractivity contribution in [2.45, 2.75) is 32.4 Å². The first-order chi connectivity index (χ1) is 5.07. The first-order valence-corrected chi connectivity index (χ1v) is 3.86. The molecule has 0 saturated heterocycles. The smallest absolute Gasteiger partial charge is 0.236 e. The Kier molecular flexibility index (Phi) is 4.81. The minimum absolute atomic E-state index is 0.0111. The fraction of sp³-hybridized carbons (Fsp3) is 0.857. The number of nitrogens with one attached hydrogen (secondary N) is 1. The van der Waals surface area contributed by atoms with Crippen molar-refractivity contribution in [2.75, 3.05) is 6.54 Å². The Balaban J connectivity index is 3.52. The van der Waals surface area contributed by atoms with Crippen LogP contribution in [0.1, 0.15) is 20.3 Å². The van der Waals surface area contributed by atoms with Gasteiger partial charge in [0.05, 0.1) is 6.04 Å². The van der Waals surface area contributed by atoms with Gasteiger partial charge in [-0.15, -0.1) is 0 Å². The maximum Gasteiger partial charge on any atom is 0.236 e.